The second kappa shape index (κ2) is 10.4. The van der Waals surface area contributed by atoms with E-state index < -0.39 is 0 Å². The van der Waals surface area contributed by atoms with Crippen molar-refractivity contribution in [1.82, 2.24) is 20.1 Å². The fourth-order valence-corrected chi connectivity index (χ4v) is 4.30. The molecule has 1 N–H and O–H groups in total. The largest absolute Gasteiger partial charge is 0.496 e. The third kappa shape index (κ3) is 5.26. The van der Waals surface area contributed by atoms with Crippen LogP contribution in [0.1, 0.15) is 24.1 Å². The number of amides is 1. The van der Waals surface area contributed by atoms with Crippen LogP contribution in [0.5, 0.6) is 5.75 Å². The van der Waals surface area contributed by atoms with Gasteiger partial charge in [-0.3, -0.25) is 9.36 Å². The number of nitrogens with zero attached hydrogens (tertiary/aromatic N) is 3. The predicted octanol–water partition coefficient (Wildman–Crippen LogP) is 5.22. The maximum Gasteiger partial charge on any atom is 0.230 e. The fourth-order valence-electron chi connectivity index (χ4n) is 3.53. The summed E-state index contributed by atoms with van der Waals surface area (Å²) in [6.07, 6.45) is 0. The quantitative estimate of drug-likeness (QED) is 0.367. The molecule has 0 bridgehead atoms. The van der Waals surface area contributed by atoms with E-state index in [4.69, 9.17) is 4.74 Å². The standard InChI is InChI=1S/C26H26N4O2S/c1-18-13-15-21(16-14-18)30-25(22-11-7-8-12-23(22)32-3)28-29-26(30)33-17-24(31)27-19(2)20-9-5-4-6-10-20/h4-16,19H,17H2,1-3H3,(H,27,31)/t19-/m1/s1. The summed E-state index contributed by atoms with van der Waals surface area (Å²) in [6.45, 7) is 4.03. The molecule has 1 heterocycles. The molecule has 4 rings (SSSR count). The highest BCUT2D eigenvalue weighted by molar-refractivity contribution is 7.99. The third-order valence-electron chi connectivity index (χ3n) is 5.28. The van der Waals surface area contributed by atoms with E-state index in [0.29, 0.717) is 16.7 Å². The van der Waals surface area contributed by atoms with E-state index >= 15 is 0 Å². The lowest BCUT2D eigenvalue weighted by Gasteiger charge is -2.15. The Hall–Kier alpha value is -3.58. The summed E-state index contributed by atoms with van der Waals surface area (Å²) >= 11 is 1.36. The van der Waals surface area contributed by atoms with Gasteiger partial charge in [-0.05, 0) is 43.7 Å². The number of hydrogen-bond acceptors (Lipinski definition) is 5. The van der Waals surface area contributed by atoms with Crippen LogP contribution in [0.3, 0.4) is 0 Å². The molecule has 7 heteroatoms. The number of ether oxygens (including phenoxy) is 1. The Bertz CT molecular complexity index is 1220. The Morgan fingerprint density at radius 1 is 1.00 bits per heavy atom. The maximum atomic E-state index is 12.7. The minimum atomic E-state index is -0.0709. The topological polar surface area (TPSA) is 69.0 Å². The molecule has 0 unspecified atom stereocenters. The van der Waals surface area contributed by atoms with Crippen LogP contribution >= 0.6 is 11.8 Å². The van der Waals surface area contributed by atoms with Crippen molar-refractivity contribution in [2.45, 2.75) is 25.0 Å². The predicted molar refractivity (Wildman–Crippen MR) is 132 cm³/mol. The number of nitrogens with one attached hydrogen (secondary N) is 1. The number of methoxy groups -OCH3 is 1. The van der Waals surface area contributed by atoms with Gasteiger partial charge < -0.3 is 10.1 Å². The van der Waals surface area contributed by atoms with Crippen molar-refractivity contribution in [3.8, 4) is 22.8 Å². The van der Waals surface area contributed by atoms with Gasteiger partial charge in [0.15, 0.2) is 11.0 Å². The van der Waals surface area contributed by atoms with Gasteiger partial charge in [0.05, 0.1) is 24.5 Å². The molecule has 6 nitrogen and oxygen atoms in total. The van der Waals surface area contributed by atoms with Gasteiger partial charge in [0.25, 0.3) is 0 Å². The molecule has 168 valence electrons. The van der Waals surface area contributed by atoms with E-state index in [9.17, 15) is 4.79 Å². The number of carbonyl (C=O) groups is 1. The molecule has 0 spiro atoms. The molecule has 0 fully saturated rings. The zero-order chi connectivity index (χ0) is 23.2. The van der Waals surface area contributed by atoms with E-state index in [1.807, 2.05) is 97.3 Å². The van der Waals surface area contributed by atoms with Crippen LogP contribution in [0.15, 0.2) is 84.0 Å². The van der Waals surface area contributed by atoms with E-state index in [0.717, 1.165) is 22.4 Å². The molecule has 1 amide bonds. The van der Waals surface area contributed by atoms with Crippen molar-refractivity contribution in [3.05, 3.63) is 90.0 Å². The zero-order valence-electron chi connectivity index (χ0n) is 18.9. The molecule has 33 heavy (non-hydrogen) atoms. The van der Waals surface area contributed by atoms with Crippen molar-refractivity contribution in [2.24, 2.45) is 0 Å². The lowest BCUT2D eigenvalue weighted by molar-refractivity contribution is -0.119. The summed E-state index contributed by atoms with van der Waals surface area (Å²) in [6, 6.07) is 25.7. The van der Waals surface area contributed by atoms with Gasteiger partial charge in [0.2, 0.25) is 5.91 Å². The average Bonchev–Trinajstić information content (AvgIpc) is 3.27. The summed E-state index contributed by atoms with van der Waals surface area (Å²) in [4.78, 5) is 12.7. The van der Waals surface area contributed by atoms with Crippen LogP contribution in [0, 0.1) is 6.92 Å². The zero-order valence-corrected chi connectivity index (χ0v) is 19.7. The van der Waals surface area contributed by atoms with Gasteiger partial charge in [0, 0.05) is 5.69 Å². The van der Waals surface area contributed by atoms with Crippen LogP contribution in [-0.4, -0.2) is 33.5 Å². The summed E-state index contributed by atoms with van der Waals surface area (Å²) in [5, 5.41) is 12.6. The molecule has 0 saturated heterocycles. The van der Waals surface area contributed by atoms with Gasteiger partial charge in [0.1, 0.15) is 5.75 Å². The number of thioether (sulfide) groups is 1. The third-order valence-corrected chi connectivity index (χ3v) is 6.21. The first-order valence-corrected chi connectivity index (χ1v) is 11.7. The van der Waals surface area contributed by atoms with E-state index in [1.54, 1.807) is 7.11 Å². The molecule has 0 aliphatic rings. The summed E-state index contributed by atoms with van der Waals surface area (Å²) in [7, 11) is 1.64. The fraction of sp³-hybridized carbons (Fsp3) is 0.192. The summed E-state index contributed by atoms with van der Waals surface area (Å²) in [5.41, 5.74) is 3.99. The smallest absolute Gasteiger partial charge is 0.230 e. The number of benzene rings is 3. The lowest BCUT2D eigenvalue weighted by atomic mass is 10.1. The average molecular weight is 459 g/mol. The highest BCUT2D eigenvalue weighted by Crippen LogP contribution is 2.33. The van der Waals surface area contributed by atoms with Crippen LogP contribution < -0.4 is 10.1 Å². The van der Waals surface area contributed by atoms with Crippen molar-refractivity contribution < 1.29 is 9.53 Å². The van der Waals surface area contributed by atoms with Crippen LogP contribution in [-0.2, 0) is 4.79 Å². The molecule has 1 atom stereocenters. The minimum Gasteiger partial charge on any atom is -0.496 e. The number of carbonyl (C=O) groups excluding carboxylic acids is 1. The monoisotopic (exact) mass is 458 g/mol. The van der Waals surface area contributed by atoms with Gasteiger partial charge >= 0.3 is 0 Å². The molecule has 3 aromatic carbocycles. The van der Waals surface area contributed by atoms with E-state index in [-0.39, 0.29) is 17.7 Å². The molecule has 0 aliphatic heterocycles. The van der Waals surface area contributed by atoms with Crippen LogP contribution in [0.25, 0.3) is 17.1 Å². The Kier molecular flexibility index (Phi) is 7.10. The lowest BCUT2D eigenvalue weighted by Crippen LogP contribution is -2.28. The first kappa shape index (κ1) is 22.6. The van der Waals surface area contributed by atoms with Crippen molar-refractivity contribution in [2.75, 3.05) is 12.9 Å². The van der Waals surface area contributed by atoms with Crippen molar-refractivity contribution >= 4 is 17.7 Å². The summed E-state index contributed by atoms with van der Waals surface area (Å²) < 4.78 is 7.52. The van der Waals surface area contributed by atoms with Crippen LogP contribution in [0.4, 0.5) is 0 Å². The van der Waals surface area contributed by atoms with E-state index in [1.165, 1.54) is 11.8 Å². The highest BCUT2D eigenvalue weighted by Gasteiger charge is 2.20. The van der Waals surface area contributed by atoms with Crippen molar-refractivity contribution in [3.63, 3.8) is 0 Å². The first-order chi connectivity index (χ1) is 16.1. The second-order valence-electron chi connectivity index (χ2n) is 7.67. The normalized spacial score (nSPS) is 11.7. The number of rotatable bonds is 8. The molecule has 1 aromatic heterocycles. The second-order valence-corrected chi connectivity index (χ2v) is 8.61. The molecule has 4 aromatic rings. The molecule has 0 saturated carbocycles. The Morgan fingerprint density at radius 2 is 1.70 bits per heavy atom. The number of aryl methyl sites for hydroxylation is 1. The Balaban J connectivity index is 1.60. The van der Waals surface area contributed by atoms with Crippen molar-refractivity contribution in [1.29, 1.82) is 0 Å². The molecular weight excluding hydrogens is 432 g/mol. The first-order valence-electron chi connectivity index (χ1n) is 10.7. The Morgan fingerprint density at radius 3 is 2.42 bits per heavy atom. The maximum absolute atomic E-state index is 12.7. The molecular formula is C26H26N4O2S. The minimum absolute atomic E-state index is 0.0614. The van der Waals surface area contributed by atoms with Crippen LogP contribution in [0.2, 0.25) is 0 Å². The van der Waals surface area contributed by atoms with Gasteiger partial charge in [-0.2, -0.15) is 0 Å². The number of hydrogen-bond donors (Lipinski definition) is 1. The Labute approximate surface area is 198 Å². The number of aromatic nitrogens is 3. The van der Waals surface area contributed by atoms with E-state index in [2.05, 4.69) is 15.5 Å². The number of para-hydroxylation sites is 1. The highest BCUT2D eigenvalue weighted by atomic mass is 32.2. The van der Waals surface area contributed by atoms with Gasteiger partial charge in [-0.15, -0.1) is 10.2 Å². The van der Waals surface area contributed by atoms with Gasteiger partial charge in [-0.1, -0.05) is 71.9 Å². The summed E-state index contributed by atoms with van der Waals surface area (Å²) in [5.74, 6) is 1.54. The molecule has 0 radical (unpaired) electrons. The van der Waals surface area contributed by atoms with Gasteiger partial charge in [-0.25, -0.2) is 0 Å². The SMILES string of the molecule is COc1ccccc1-c1nnc(SCC(=O)N[C@H](C)c2ccccc2)n1-c1ccc(C)cc1. The molecule has 0 aliphatic carbocycles.